The van der Waals surface area contributed by atoms with Gasteiger partial charge in [-0.3, -0.25) is 20.1 Å². The van der Waals surface area contributed by atoms with Gasteiger partial charge in [-0.15, -0.1) is 0 Å². The van der Waals surface area contributed by atoms with Crippen LogP contribution in [0.3, 0.4) is 0 Å². The van der Waals surface area contributed by atoms with Crippen molar-refractivity contribution in [2.45, 2.75) is 31.7 Å². The summed E-state index contributed by atoms with van der Waals surface area (Å²) < 4.78 is 28.4. The zero-order valence-electron chi connectivity index (χ0n) is 18.8. The summed E-state index contributed by atoms with van der Waals surface area (Å²) in [6.07, 6.45) is 3.20. The highest BCUT2D eigenvalue weighted by Gasteiger charge is 2.33. The SMILES string of the molecule is C[C@@H](NC(=O)Nc1cc2[nH]nc(C(=O)NCC(F)(F)CN3CCCC3)c2cn1)c1ccccc1. The number of aromatic nitrogens is 3. The molecule has 0 aliphatic carbocycles. The van der Waals surface area contributed by atoms with Crippen LogP contribution >= 0.6 is 0 Å². The fourth-order valence-electron chi connectivity index (χ4n) is 3.95. The molecule has 3 amide bonds. The number of hydrogen-bond acceptors (Lipinski definition) is 5. The van der Waals surface area contributed by atoms with Crippen molar-refractivity contribution in [2.75, 3.05) is 31.5 Å². The Bertz CT molecular complexity index is 1150. The minimum absolute atomic E-state index is 0.0341. The van der Waals surface area contributed by atoms with E-state index in [1.807, 2.05) is 37.3 Å². The minimum atomic E-state index is -3.04. The van der Waals surface area contributed by atoms with Crippen LogP contribution in [0, 0.1) is 0 Å². The number of aromatic amines is 1. The van der Waals surface area contributed by atoms with Gasteiger partial charge in [-0.05, 0) is 38.4 Å². The zero-order chi connectivity index (χ0) is 24.1. The van der Waals surface area contributed by atoms with Crippen molar-refractivity contribution >= 4 is 28.7 Å². The third-order valence-corrected chi connectivity index (χ3v) is 5.71. The molecule has 1 fully saturated rings. The number of nitrogens with one attached hydrogen (secondary N) is 4. The van der Waals surface area contributed by atoms with E-state index in [0.29, 0.717) is 24.0 Å². The highest BCUT2D eigenvalue weighted by Crippen LogP contribution is 2.20. The fraction of sp³-hybridized carbons (Fsp3) is 0.391. The second-order valence-corrected chi connectivity index (χ2v) is 8.44. The van der Waals surface area contributed by atoms with Crippen LogP contribution in [0.4, 0.5) is 19.4 Å². The monoisotopic (exact) mass is 471 g/mol. The Morgan fingerprint density at radius 1 is 1.21 bits per heavy atom. The molecule has 1 aliphatic rings. The number of H-pyrrole nitrogens is 1. The Kier molecular flexibility index (Phi) is 7.01. The number of hydrogen-bond donors (Lipinski definition) is 4. The van der Waals surface area contributed by atoms with E-state index in [9.17, 15) is 18.4 Å². The maximum Gasteiger partial charge on any atom is 0.320 e. The van der Waals surface area contributed by atoms with Gasteiger partial charge in [0.25, 0.3) is 11.8 Å². The van der Waals surface area contributed by atoms with E-state index >= 15 is 0 Å². The Morgan fingerprint density at radius 2 is 1.94 bits per heavy atom. The molecule has 180 valence electrons. The largest absolute Gasteiger partial charge is 0.345 e. The fourth-order valence-corrected chi connectivity index (χ4v) is 3.95. The minimum Gasteiger partial charge on any atom is -0.345 e. The molecule has 34 heavy (non-hydrogen) atoms. The molecule has 1 aromatic carbocycles. The van der Waals surface area contributed by atoms with Crippen LogP contribution in [-0.2, 0) is 0 Å². The van der Waals surface area contributed by atoms with E-state index in [1.165, 1.54) is 12.3 Å². The molecule has 3 aromatic rings. The maximum absolute atomic E-state index is 14.2. The number of amides is 3. The van der Waals surface area contributed by atoms with Gasteiger partial charge >= 0.3 is 6.03 Å². The maximum atomic E-state index is 14.2. The zero-order valence-corrected chi connectivity index (χ0v) is 18.8. The van der Waals surface area contributed by atoms with Gasteiger partial charge < -0.3 is 10.6 Å². The number of anilines is 1. The van der Waals surface area contributed by atoms with Gasteiger partial charge in [0.2, 0.25) is 0 Å². The Morgan fingerprint density at radius 3 is 2.68 bits per heavy atom. The second-order valence-electron chi connectivity index (χ2n) is 8.44. The smallest absolute Gasteiger partial charge is 0.320 e. The van der Waals surface area contributed by atoms with Crippen molar-refractivity contribution in [1.29, 1.82) is 0 Å². The lowest BCUT2D eigenvalue weighted by atomic mass is 10.1. The van der Waals surface area contributed by atoms with Crippen LogP contribution < -0.4 is 16.0 Å². The van der Waals surface area contributed by atoms with Gasteiger partial charge in [-0.25, -0.2) is 18.6 Å². The Labute approximate surface area is 195 Å². The topological polar surface area (TPSA) is 115 Å². The second kappa shape index (κ2) is 10.1. The van der Waals surface area contributed by atoms with E-state index in [1.54, 1.807) is 4.90 Å². The molecule has 11 heteroatoms. The number of likely N-dealkylation sites (tertiary alicyclic amines) is 1. The van der Waals surface area contributed by atoms with Gasteiger partial charge in [0.05, 0.1) is 30.0 Å². The van der Waals surface area contributed by atoms with Crippen molar-refractivity contribution in [3.05, 3.63) is 53.9 Å². The number of rotatable bonds is 8. The summed E-state index contributed by atoms with van der Waals surface area (Å²) in [5.41, 5.74) is 1.36. The van der Waals surface area contributed by atoms with E-state index in [0.717, 1.165) is 18.4 Å². The van der Waals surface area contributed by atoms with Gasteiger partial charge in [0.15, 0.2) is 5.69 Å². The summed E-state index contributed by atoms with van der Waals surface area (Å²) in [6, 6.07) is 10.4. The molecule has 0 radical (unpaired) electrons. The number of carbonyl (C=O) groups excluding carboxylic acids is 2. The van der Waals surface area contributed by atoms with Gasteiger partial charge in [0.1, 0.15) is 5.82 Å². The van der Waals surface area contributed by atoms with Crippen molar-refractivity contribution in [3.63, 3.8) is 0 Å². The van der Waals surface area contributed by atoms with Crippen LogP contribution in [0.2, 0.25) is 0 Å². The van der Waals surface area contributed by atoms with Gasteiger partial charge in [-0.1, -0.05) is 30.3 Å². The lowest BCUT2D eigenvalue weighted by Gasteiger charge is -2.23. The molecule has 4 N–H and O–H groups in total. The summed E-state index contributed by atoms with van der Waals surface area (Å²) in [6.45, 7) is 2.01. The molecule has 2 aromatic heterocycles. The first kappa shape index (κ1) is 23.6. The normalized spacial score (nSPS) is 15.3. The number of pyridine rings is 1. The summed E-state index contributed by atoms with van der Waals surface area (Å²) in [5.74, 6) is -3.51. The third kappa shape index (κ3) is 5.84. The van der Waals surface area contributed by atoms with Crippen LogP contribution in [0.15, 0.2) is 42.6 Å². The lowest BCUT2D eigenvalue weighted by molar-refractivity contribution is -0.0243. The predicted molar refractivity (Wildman–Crippen MR) is 124 cm³/mol. The number of benzene rings is 1. The van der Waals surface area contributed by atoms with E-state index in [2.05, 4.69) is 31.1 Å². The number of fused-ring (bicyclic) bond motifs is 1. The van der Waals surface area contributed by atoms with Crippen molar-refractivity contribution < 1.29 is 18.4 Å². The van der Waals surface area contributed by atoms with E-state index in [4.69, 9.17) is 0 Å². The number of alkyl halides is 2. The molecule has 0 spiro atoms. The highest BCUT2D eigenvalue weighted by atomic mass is 19.3. The van der Waals surface area contributed by atoms with Crippen LogP contribution in [0.1, 0.15) is 41.9 Å². The number of nitrogens with zero attached hydrogens (tertiary/aromatic N) is 3. The average molecular weight is 472 g/mol. The van der Waals surface area contributed by atoms with Crippen molar-refractivity contribution in [1.82, 2.24) is 30.7 Å². The summed E-state index contributed by atoms with van der Waals surface area (Å²) in [7, 11) is 0. The van der Waals surface area contributed by atoms with Crippen LogP contribution in [0.5, 0.6) is 0 Å². The average Bonchev–Trinajstić information content (AvgIpc) is 3.47. The number of carbonyl (C=O) groups is 2. The molecule has 1 atom stereocenters. The van der Waals surface area contributed by atoms with Gasteiger partial charge in [0, 0.05) is 12.3 Å². The van der Waals surface area contributed by atoms with Gasteiger partial charge in [-0.2, -0.15) is 5.10 Å². The quantitative estimate of drug-likeness (QED) is 0.402. The third-order valence-electron chi connectivity index (χ3n) is 5.71. The summed E-state index contributed by atoms with van der Waals surface area (Å²) in [4.78, 5) is 30.6. The van der Waals surface area contributed by atoms with Crippen molar-refractivity contribution in [2.24, 2.45) is 0 Å². The van der Waals surface area contributed by atoms with E-state index in [-0.39, 0.29) is 24.1 Å². The predicted octanol–water partition coefficient (Wildman–Crippen LogP) is 3.30. The van der Waals surface area contributed by atoms with Crippen molar-refractivity contribution in [3.8, 4) is 0 Å². The molecule has 1 saturated heterocycles. The standard InChI is InChI=1S/C23H27F2N7O2/c1-15(16-7-3-2-4-8-16)28-22(34)29-19-11-18-17(12-26-19)20(31-30-18)21(33)27-13-23(24,25)14-32-9-5-6-10-32/h2-4,7-8,11-12,15H,5-6,9-10,13-14H2,1H3,(H,27,33)(H,30,31)(H2,26,28,29,34)/t15-/m1/s1. The molecular formula is C23H27F2N7O2. The molecule has 1 aliphatic heterocycles. The molecule has 0 saturated carbocycles. The molecule has 4 rings (SSSR count). The first-order valence-electron chi connectivity index (χ1n) is 11.2. The molecule has 3 heterocycles. The number of urea groups is 1. The molecule has 9 nitrogen and oxygen atoms in total. The summed E-state index contributed by atoms with van der Waals surface area (Å²) in [5, 5.41) is 14.7. The van der Waals surface area contributed by atoms with Crippen LogP contribution in [0.25, 0.3) is 10.9 Å². The lowest BCUT2D eigenvalue weighted by Crippen LogP contribution is -2.44. The molecule has 0 bridgehead atoms. The first-order valence-corrected chi connectivity index (χ1v) is 11.2. The Balaban J connectivity index is 1.34. The first-order chi connectivity index (χ1) is 16.3. The van der Waals surface area contributed by atoms with Crippen LogP contribution in [-0.4, -0.2) is 64.1 Å². The Hall–Kier alpha value is -3.60. The number of halogens is 2. The molecule has 0 unspecified atom stereocenters. The summed E-state index contributed by atoms with van der Waals surface area (Å²) >= 11 is 0. The molecular weight excluding hydrogens is 444 g/mol. The highest BCUT2D eigenvalue weighted by molar-refractivity contribution is 6.05. The van der Waals surface area contributed by atoms with E-state index < -0.39 is 24.4 Å².